The molecule has 104 valence electrons. The molecule has 5 heteroatoms. The third-order valence-electron chi connectivity index (χ3n) is 2.75. The molecule has 0 atom stereocenters. The van der Waals surface area contributed by atoms with Crippen LogP contribution in [0.4, 0.5) is 4.39 Å². The smallest absolute Gasteiger partial charge is 0.238 e. The standard InChI is InChI=1S/C15H15FN2O2/c16-13-2-1-3-14(9-13)20-10-12-6-4-11(5-7-12)8-15(19)18-17/h1-7,9H,8,10,17H2,(H,18,19). The molecule has 0 aliphatic carbocycles. The molecule has 1 amide bonds. The quantitative estimate of drug-likeness (QED) is 0.497. The van der Waals surface area contributed by atoms with Gasteiger partial charge in [0, 0.05) is 6.07 Å². The number of nitrogens with one attached hydrogen (secondary N) is 1. The highest BCUT2D eigenvalue weighted by Gasteiger charge is 2.02. The van der Waals surface area contributed by atoms with Crippen LogP contribution in [0.3, 0.4) is 0 Å². The van der Waals surface area contributed by atoms with Crippen LogP contribution in [0.15, 0.2) is 48.5 Å². The Hall–Kier alpha value is -2.40. The molecule has 0 heterocycles. The van der Waals surface area contributed by atoms with Gasteiger partial charge in [0.1, 0.15) is 18.2 Å². The van der Waals surface area contributed by atoms with Crippen LogP contribution in [0.1, 0.15) is 11.1 Å². The second kappa shape index (κ2) is 6.68. The maximum Gasteiger partial charge on any atom is 0.238 e. The second-order valence-corrected chi connectivity index (χ2v) is 4.31. The molecule has 20 heavy (non-hydrogen) atoms. The molecule has 3 N–H and O–H groups in total. The Morgan fingerprint density at radius 3 is 2.50 bits per heavy atom. The van der Waals surface area contributed by atoms with Crippen LogP contribution >= 0.6 is 0 Å². The Labute approximate surface area is 116 Å². The van der Waals surface area contributed by atoms with Gasteiger partial charge in [0.05, 0.1) is 6.42 Å². The molecule has 2 rings (SSSR count). The fraction of sp³-hybridized carbons (Fsp3) is 0.133. The van der Waals surface area contributed by atoms with Crippen molar-refractivity contribution in [2.75, 3.05) is 0 Å². The van der Waals surface area contributed by atoms with Gasteiger partial charge in [0.2, 0.25) is 5.91 Å². The Morgan fingerprint density at radius 2 is 1.85 bits per heavy atom. The average molecular weight is 274 g/mol. The van der Waals surface area contributed by atoms with Crippen molar-refractivity contribution in [2.45, 2.75) is 13.0 Å². The number of amides is 1. The van der Waals surface area contributed by atoms with E-state index in [1.54, 1.807) is 12.1 Å². The van der Waals surface area contributed by atoms with Gasteiger partial charge < -0.3 is 4.74 Å². The Bertz CT molecular complexity index is 585. The molecule has 0 unspecified atom stereocenters. The third-order valence-corrected chi connectivity index (χ3v) is 2.75. The Morgan fingerprint density at radius 1 is 1.15 bits per heavy atom. The Kier molecular flexibility index (Phi) is 4.68. The second-order valence-electron chi connectivity index (χ2n) is 4.31. The van der Waals surface area contributed by atoms with E-state index < -0.39 is 0 Å². The van der Waals surface area contributed by atoms with Gasteiger partial charge in [0.15, 0.2) is 0 Å². The Balaban J connectivity index is 1.92. The molecule has 0 aliphatic heterocycles. The minimum Gasteiger partial charge on any atom is -0.489 e. The number of hydrogen-bond acceptors (Lipinski definition) is 3. The maximum atomic E-state index is 13.0. The van der Waals surface area contributed by atoms with Crippen molar-refractivity contribution in [3.05, 3.63) is 65.5 Å². The molecule has 2 aromatic rings. The van der Waals surface area contributed by atoms with E-state index in [9.17, 15) is 9.18 Å². The van der Waals surface area contributed by atoms with Crippen LogP contribution in [0.5, 0.6) is 5.75 Å². The summed E-state index contributed by atoms with van der Waals surface area (Å²) in [5.41, 5.74) is 3.88. The van der Waals surface area contributed by atoms with Crippen molar-refractivity contribution in [1.82, 2.24) is 5.43 Å². The first-order valence-electron chi connectivity index (χ1n) is 6.13. The number of hydrogen-bond donors (Lipinski definition) is 2. The molecular weight excluding hydrogens is 259 g/mol. The maximum absolute atomic E-state index is 13.0. The molecule has 2 aromatic carbocycles. The van der Waals surface area contributed by atoms with Crippen molar-refractivity contribution < 1.29 is 13.9 Å². The van der Waals surface area contributed by atoms with E-state index >= 15 is 0 Å². The van der Waals surface area contributed by atoms with E-state index in [4.69, 9.17) is 10.6 Å². The zero-order valence-corrected chi connectivity index (χ0v) is 10.8. The average Bonchev–Trinajstić information content (AvgIpc) is 2.46. The van der Waals surface area contributed by atoms with Gasteiger partial charge in [-0.15, -0.1) is 0 Å². The van der Waals surface area contributed by atoms with Gasteiger partial charge in [-0.25, -0.2) is 10.2 Å². The molecule has 0 radical (unpaired) electrons. The highest BCUT2D eigenvalue weighted by molar-refractivity contribution is 5.77. The van der Waals surface area contributed by atoms with Gasteiger partial charge in [-0.05, 0) is 23.3 Å². The van der Waals surface area contributed by atoms with E-state index in [0.717, 1.165) is 11.1 Å². The molecular formula is C15H15FN2O2. The van der Waals surface area contributed by atoms with Gasteiger partial charge in [-0.3, -0.25) is 10.2 Å². The molecule has 4 nitrogen and oxygen atoms in total. The van der Waals surface area contributed by atoms with E-state index in [0.29, 0.717) is 12.4 Å². The number of carbonyl (C=O) groups is 1. The van der Waals surface area contributed by atoms with E-state index in [2.05, 4.69) is 5.43 Å². The normalized spacial score (nSPS) is 10.1. The molecule has 0 saturated heterocycles. The lowest BCUT2D eigenvalue weighted by molar-refractivity contribution is -0.120. The van der Waals surface area contributed by atoms with Crippen LogP contribution in [-0.2, 0) is 17.8 Å². The van der Waals surface area contributed by atoms with Gasteiger partial charge in [-0.1, -0.05) is 30.3 Å². The van der Waals surface area contributed by atoms with Crippen LogP contribution in [0.2, 0.25) is 0 Å². The lowest BCUT2D eigenvalue weighted by Crippen LogP contribution is -2.31. The minimum absolute atomic E-state index is 0.238. The van der Waals surface area contributed by atoms with E-state index in [1.165, 1.54) is 12.1 Å². The summed E-state index contributed by atoms with van der Waals surface area (Å²) in [5.74, 6) is 4.94. The number of ether oxygens (including phenoxy) is 1. The van der Waals surface area contributed by atoms with E-state index in [1.807, 2.05) is 24.3 Å². The van der Waals surface area contributed by atoms with Crippen molar-refractivity contribution in [1.29, 1.82) is 0 Å². The molecule has 0 fully saturated rings. The summed E-state index contributed by atoms with van der Waals surface area (Å²) < 4.78 is 18.4. The monoisotopic (exact) mass is 274 g/mol. The number of benzene rings is 2. The first-order chi connectivity index (χ1) is 9.67. The van der Waals surface area contributed by atoms with Gasteiger partial charge in [0.25, 0.3) is 0 Å². The van der Waals surface area contributed by atoms with Crippen molar-refractivity contribution in [2.24, 2.45) is 5.84 Å². The topological polar surface area (TPSA) is 64.3 Å². The predicted octanol–water partition coefficient (Wildman–Crippen LogP) is 1.94. The first kappa shape index (κ1) is 14.0. The van der Waals surface area contributed by atoms with Crippen LogP contribution in [-0.4, -0.2) is 5.91 Å². The zero-order chi connectivity index (χ0) is 14.4. The third kappa shape index (κ3) is 4.07. The number of halogens is 1. The largest absolute Gasteiger partial charge is 0.489 e. The number of nitrogens with two attached hydrogens (primary N) is 1. The SMILES string of the molecule is NNC(=O)Cc1ccc(COc2cccc(F)c2)cc1. The van der Waals surface area contributed by atoms with Gasteiger partial charge in [-0.2, -0.15) is 0 Å². The first-order valence-corrected chi connectivity index (χ1v) is 6.13. The molecule has 0 aromatic heterocycles. The highest BCUT2D eigenvalue weighted by atomic mass is 19.1. The number of carbonyl (C=O) groups excluding carboxylic acids is 1. The van der Waals surface area contributed by atoms with Crippen molar-refractivity contribution in [3.8, 4) is 5.75 Å². The minimum atomic E-state index is -0.328. The molecule has 0 spiro atoms. The summed E-state index contributed by atoms with van der Waals surface area (Å²) in [6.07, 6.45) is 0.238. The highest BCUT2D eigenvalue weighted by Crippen LogP contribution is 2.14. The summed E-state index contributed by atoms with van der Waals surface area (Å²) in [7, 11) is 0. The number of hydrazine groups is 1. The fourth-order valence-corrected chi connectivity index (χ4v) is 1.71. The van der Waals surface area contributed by atoms with Crippen LogP contribution < -0.4 is 16.0 Å². The van der Waals surface area contributed by atoms with Crippen LogP contribution in [0.25, 0.3) is 0 Å². The van der Waals surface area contributed by atoms with Crippen LogP contribution in [0, 0.1) is 5.82 Å². The molecule has 0 aliphatic rings. The summed E-state index contributed by atoms with van der Waals surface area (Å²) in [6, 6.07) is 13.4. The fourth-order valence-electron chi connectivity index (χ4n) is 1.71. The van der Waals surface area contributed by atoms with E-state index in [-0.39, 0.29) is 18.1 Å². The summed E-state index contributed by atoms with van der Waals surface area (Å²) >= 11 is 0. The summed E-state index contributed by atoms with van der Waals surface area (Å²) in [4.78, 5) is 11.1. The van der Waals surface area contributed by atoms with Gasteiger partial charge >= 0.3 is 0 Å². The van der Waals surface area contributed by atoms with Crippen molar-refractivity contribution in [3.63, 3.8) is 0 Å². The lowest BCUT2D eigenvalue weighted by Gasteiger charge is -2.07. The summed E-state index contributed by atoms with van der Waals surface area (Å²) in [5, 5.41) is 0. The predicted molar refractivity (Wildman–Crippen MR) is 73.2 cm³/mol. The lowest BCUT2D eigenvalue weighted by atomic mass is 10.1. The number of rotatable bonds is 5. The molecule has 0 saturated carbocycles. The van der Waals surface area contributed by atoms with Crippen molar-refractivity contribution >= 4 is 5.91 Å². The molecule has 0 bridgehead atoms. The zero-order valence-electron chi connectivity index (χ0n) is 10.8. The summed E-state index contributed by atoms with van der Waals surface area (Å²) in [6.45, 7) is 0.340.